The summed E-state index contributed by atoms with van der Waals surface area (Å²) in [5, 5.41) is 0. The molecule has 1 atom stereocenters. The second kappa shape index (κ2) is 5.01. The number of nitrogens with zero attached hydrogens (tertiary/aromatic N) is 2. The second-order valence-electron chi connectivity index (χ2n) is 4.04. The molecule has 16 heavy (non-hydrogen) atoms. The van der Waals surface area contributed by atoms with E-state index in [1.807, 2.05) is 12.1 Å². The molecule has 0 aromatic carbocycles. The molecular weight excluding hydrogens is 240 g/mol. The molecule has 0 aliphatic heterocycles. The lowest BCUT2D eigenvalue weighted by Crippen LogP contribution is -2.01. The van der Waals surface area contributed by atoms with Crippen LogP contribution in [0.3, 0.4) is 0 Å². The Morgan fingerprint density at radius 2 is 2.31 bits per heavy atom. The van der Waals surface area contributed by atoms with Crippen molar-refractivity contribution in [3.63, 3.8) is 0 Å². The van der Waals surface area contributed by atoms with Gasteiger partial charge >= 0.3 is 0 Å². The Balaban J connectivity index is 2.17. The molecule has 0 aliphatic carbocycles. The van der Waals surface area contributed by atoms with Gasteiger partial charge in [-0.3, -0.25) is 4.21 Å². The Morgan fingerprint density at radius 1 is 1.50 bits per heavy atom. The number of fused-ring (bicyclic) bond motifs is 1. The van der Waals surface area contributed by atoms with Crippen LogP contribution in [0.25, 0.3) is 10.3 Å². The van der Waals surface area contributed by atoms with Gasteiger partial charge in [-0.1, -0.05) is 25.2 Å². The number of aromatic nitrogens is 2. The lowest BCUT2D eigenvalue weighted by Gasteiger charge is -2.01. The van der Waals surface area contributed by atoms with E-state index in [1.54, 1.807) is 6.20 Å². The van der Waals surface area contributed by atoms with Gasteiger partial charge in [-0.15, -0.1) is 0 Å². The molecule has 0 bridgehead atoms. The van der Waals surface area contributed by atoms with Gasteiger partial charge in [-0.05, 0) is 24.5 Å². The van der Waals surface area contributed by atoms with Gasteiger partial charge in [0.1, 0.15) is 10.3 Å². The molecule has 3 nitrogen and oxygen atoms in total. The van der Waals surface area contributed by atoms with Crippen LogP contribution in [-0.4, -0.2) is 19.9 Å². The molecule has 5 heteroatoms. The first kappa shape index (κ1) is 11.7. The van der Waals surface area contributed by atoms with Crippen LogP contribution in [0.1, 0.15) is 20.3 Å². The Bertz CT molecular complexity index is 474. The van der Waals surface area contributed by atoms with Crippen molar-refractivity contribution in [3.05, 3.63) is 18.3 Å². The molecule has 86 valence electrons. The van der Waals surface area contributed by atoms with Crippen LogP contribution in [-0.2, 0) is 10.8 Å². The van der Waals surface area contributed by atoms with Crippen molar-refractivity contribution in [2.24, 2.45) is 5.92 Å². The Kier molecular flexibility index (Phi) is 3.66. The van der Waals surface area contributed by atoms with Crippen LogP contribution < -0.4 is 0 Å². The van der Waals surface area contributed by atoms with Crippen molar-refractivity contribution in [2.45, 2.75) is 24.6 Å². The minimum Gasteiger partial charge on any atom is -0.252 e. The lowest BCUT2D eigenvalue weighted by molar-refractivity contribution is 0.619. The van der Waals surface area contributed by atoms with Crippen molar-refractivity contribution in [3.8, 4) is 0 Å². The fourth-order valence-corrected chi connectivity index (χ4v) is 3.84. The first-order valence-electron chi connectivity index (χ1n) is 5.27. The largest absolute Gasteiger partial charge is 0.252 e. The Labute approximate surface area is 101 Å². The minimum atomic E-state index is -0.969. The zero-order chi connectivity index (χ0) is 11.5. The lowest BCUT2D eigenvalue weighted by atomic mass is 10.2. The average Bonchev–Trinajstić information content (AvgIpc) is 2.69. The Hall–Kier alpha value is -0.810. The van der Waals surface area contributed by atoms with E-state index >= 15 is 0 Å². The highest BCUT2D eigenvalue weighted by Crippen LogP contribution is 2.22. The quantitative estimate of drug-likeness (QED) is 0.842. The zero-order valence-corrected chi connectivity index (χ0v) is 11.0. The van der Waals surface area contributed by atoms with Crippen LogP contribution >= 0.6 is 11.3 Å². The van der Waals surface area contributed by atoms with Crippen molar-refractivity contribution >= 4 is 32.5 Å². The van der Waals surface area contributed by atoms with Crippen LogP contribution in [0.15, 0.2) is 22.7 Å². The smallest absolute Gasteiger partial charge is 0.183 e. The van der Waals surface area contributed by atoms with E-state index in [0.29, 0.717) is 16.0 Å². The van der Waals surface area contributed by atoms with Gasteiger partial charge in [-0.25, -0.2) is 9.97 Å². The summed E-state index contributed by atoms with van der Waals surface area (Å²) in [5.74, 6) is 1.27. The summed E-state index contributed by atoms with van der Waals surface area (Å²) in [6, 6.07) is 3.75. The second-order valence-corrected chi connectivity index (χ2v) is 6.76. The number of hydrogen-bond acceptors (Lipinski definition) is 4. The highest BCUT2D eigenvalue weighted by Gasteiger charge is 2.11. The molecule has 2 aromatic heterocycles. The monoisotopic (exact) mass is 254 g/mol. The number of pyridine rings is 1. The van der Waals surface area contributed by atoms with Gasteiger partial charge in [0.15, 0.2) is 4.34 Å². The van der Waals surface area contributed by atoms with E-state index in [-0.39, 0.29) is 0 Å². The van der Waals surface area contributed by atoms with Crippen molar-refractivity contribution in [1.29, 1.82) is 0 Å². The highest BCUT2D eigenvalue weighted by molar-refractivity contribution is 7.87. The summed E-state index contributed by atoms with van der Waals surface area (Å²) < 4.78 is 12.7. The average molecular weight is 254 g/mol. The zero-order valence-electron chi connectivity index (χ0n) is 9.34. The highest BCUT2D eigenvalue weighted by atomic mass is 32.2. The maximum Gasteiger partial charge on any atom is 0.183 e. The molecule has 0 saturated heterocycles. The van der Waals surface area contributed by atoms with Crippen molar-refractivity contribution < 1.29 is 4.21 Å². The number of rotatable bonds is 4. The van der Waals surface area contributed by atoms with E-state index in [0.717, 1.165) is 16.8 Å². The molecule has 0 N–H and O–H groups in total. The molecule has 0 spiro atoms. The molecule has 0 amide bonds. The Morgan fingerprint density at radius 3 is 3.00 bits per heavy atom. The van der Waals surface area contributed by atoms with E-state index in [9.17, 15) is 4.21 Å². The fourth-order valence-electron chi connectivity index (χ4n) is 1.28. The third kappa shape index (κ3) is 2.65. The van der Waals surface area contributed by atoms with Crippen molar-refractivity contribution in [1.82, 2.24) is 9.97 Å². The third-order valence-electron chi connectivity index (χ3n) is 2.22. The van der Waals surface area contributed by atoms with E-state index in [2.05, 4.69) is 23.8 Å². The first-order valence-corrected chi connectivity index (χ1v) is 7.40. The van der Waals surface area contributed by atoms with Gasteiger partial charge in [0, 0.05) is 11.9 Å². The number of hydrogen-bond donors (Lipinski definition) is 0. The molecule has 2 rings (SSSR count). The molecule has 1 unspecified atom stereocenters. The summed E-state index contributed by atoms with van der Waals surface area (Å²) in [5.41, 5.74) is 0.848. The first-order chi connectivity index (χ1) is 7.66. The summed E-state index contributed by atoms with van der Waals surface area (Å²) in [4.78, 5) is 9.42. The van der Waals surface area contributed by atoms with Gasteiger partial charge in [0.25, 0.3) is 0 Å². The molecule has 2 heterocycles. The molecule has 0 saturated carbocycles. The summed E-state index contributed by atoms with van der Waals surface area (Å²) in [6.45, 7) is 4.27. The molecule has 0 aliphatic rings. The predicted molar refractivity (Wildman–Crippen MR) is 68.1 cm³/mol. The maximum atomic E-state index is 12.0. The SMILES string of the molecule is CC(C)CCS(=O)c1nc2cccnc2s1. The van der Waals surface area contributed by atoms with E-state index in [1.165, 1.54) is 11.3 Å². The standard InChI is InChI=1S/C11H14N2OS2/c1-8(2)5-7-16(14)11-13-9-4-3-6-12-10(9)15-11/h3-4,6,8H,5,7H2,1-2H3. The summed E-state index contributed by atoms with van der Waals surface area (Å²) in [6.07, 6.45) is 2.71. The third-order valence-corrected chi connectivity index (χ3v) is 4.89. The van der Waals surface area contributed by atoms with Gasteiger partial charge in [0.05, 0.1) is 10.8 Å². The fraction of sp³-hybridized carbons (Fsp3) is 0.455. The maximum absolute atomic E-state index is 12.0. The predicted octanol–water partition coefficient (Wildman–Crippen LogP) is 2.85. The molecular formula is C11H14N2OS2. The van der Waals surface area contributed by atoms with Crippen LogP contribution in [0.4, 0.5) is 0 Å². The number of thiazole rings is 1. The van der Waals surface area contributed by atoms with Crippen LogP contribution in [0.5, 0.6) is 0 Å². The van der Waals surface area contributed by atoms with Crippen molar-refractivity contribution in [2.75, 3.05) is 5.75 Å². The van der Waals surface area contributed by atoms with E-state index < -0.39 is 10.8 Å². The van der Waals surface area contributed by atoms with Gasteiger partial charge < -0.3 is 0 Å². The molecule has 0 radical (unpaired) electrons. The minimum absolute atomic E-state index is 0.580. The summed E-state index contributed by atoms with van der Waals surface area (Å²) >= 11 is 1.43. The normalized spacial score (nSPS) is 13.4. The van der Waals surface area contributed by atoms with E-state index in [4.69, 9.17) is 0 Å². The topological polar surface area (TPSA) is 42.9 Å². The molecule has 0 fully saturated rings. The van der Waals surface area contributed by atoms with Gasteiger partial charge in [-0.2, -0.15) is 0 Å². The van der Waals surface area contributed by atoms with Crippen LogP contribution in [0, 0.1) is 5.92 Å². The summed E-state index contributed by atoms with van der Waals surface area (Å²) in [7, 11) is -0.969. The molecule has 2 aromatic rings. The van der Waals surface area contributed by atoms with Gasteiger partial charge in [0.2, 0.25) is 0 Å². The van der Waals surface area contributed by atoms with Crippen LogP contribution in [0.2, 0.25) is 0 Å².